The van der Waals surface area contributed by atoms with Crippen molar-refractivity contribution in [3.8, 4) is 0 Å². The first kappa shape index (κ1) is 11.0. The second-order valence-electron chi connectivity index (χ2n) is 5.59. The maximum Gasteiger partial charge on any atom is 0.136 e. The van der Waals surface area contributed by atoms with Crippen LogP contribution in [-0.4, -0.2) is 5.78 Å². The minimum atomic E-state index is 0.446. The number of ketones is 1. The van der Waals surface area contributed by atoms with Crippen molar-refractivity contribution >= 4 is 5.78 Å². The Labute approximate surface area is 103 Å². The third-order valence-corrected chi connectivity index (χ3v) is 4.53. The Morgan fingerprint density at radius 3 is 2.35 bits per heavy atom. The summed E-state index contributed by atoms with van der Waals surface area (Å²) in [5, 5.41) is 0. The highest BCUT2D eigenvalue weighted by atomic mass is 16.1. The van der Waals surface area contributed by atoms with Gasteiger partial charge in [-0.25, -0.2) is 0 Å². The highest BCUT2D eigenvalue weighted by Crippen LogP contribution is 2.56. The second-order valence-corrected chi connectivity index (χ2v) is 5.59. The molecule has 0 saturated heterocycles. The molecular formula is C16H20O. The number of hydrogen-bond donors (Lipinski definition) is 0. The molecular weight excluding hydrogens is 208 g/mol. The van der Waals surface area contributed by atoms with Crippen molar-refractivity contribution in [2.45, 2.75) is 38.5 Å². The average Bonchev–Trinajstić information content (AvgIpc) is 3.11. The Kier molecular flexibility index (Phi) is 3.00. The van der Waals surface area contributed by atoms with Crippen LogP contribution in [0.15, 0.2) is 30.3 Å². The van der Waals surface area contributed by atoms with Gasteiger partial charge in [0.25, 0.3) is 0 Å². The van der Waals surface area contributed by atoms with Crippen molar-refractivity contribution in [3.63, 3.8) is 0 Å². The van der Waals surface area contributed by atoms with E-state index in [1.165, 1.54) is 31.2 Å². The molecule has 2 atom stereocenters. The van der Waals surface area contributed by atoms with Crippen LogP contribution < -0.4 is 0 Å². The summed E-state index contributed by atoms with van der Waals surface area (Å²) in [5.74, 6) is 2.52. The zero-order valence-electron chi connectivity index (χ0n) is 10.3. The molecule has 2 unspecified atom stereocenters. The number of fused-ring (bicyclic) bond motifs is 1. The first-order valence-electron chi connectivity index (χ1n) is 6.93. The van der Waals surface area contributed by atoms with Crippen molar-refractivity contribution < 1.29 is 4.79 Å². The Bertz CT molecular complexity index is 383. The van der Waals surface area contributed by atoms with Crippen LogP contribution in [0.25, 0.3) is 0 Å². The van der Waals surface area contributed by atoms with E-state index < -0.39 is 0 Å². The predicted octanol–water partition coefficient (Wildman–Crippen LogP) is 3.62. The van der Waals surface area contributed by atoms with E-state index in [1.54, 1.807) is 0 Å². The number of carbonyl (C=O) groups is 1. The molecule has 17 heavy (non-hydrogen) atoms. The first-order valence-corrected chi connectivity index (χ1v) is 6.93. The van der Waals surface area contributed by atoms with Crippen LogP contribution in [0.3, 0.4) is 0 Å². The molecule has 1 nitrogen and oxygen atoms in total. The molecule has 0 N–H and O–H groups in total. The molecule has 2 saturated carbocycles. The topological polar surface area (TPSA) is 17.1 Å². The SMILES string of the molecule is O=C(CCc1ccccc1)C1C2CCCCC21. The lowest BCUT2D eigenvalue weighted by Gasteiger charge is -2.04. The van der Waals surface area contributed by atoms with Crippen LogP contribution >= 0.6 is 0 Å². The number of aryl methyl sites for hydroxylation is 1. The maximum atomic E-state index is 12.1. The van der Waals surface area contributed by atoms with Gasteiger partial charge in [0.1, 0.15) is 5.78 Å². The maximum absolute atomic E-state index is 12.1. The molecule has 0 bridgehead atoms. The van der Waals surface area contributed by atoms with Crippen LogP contribution in [0.2, 0.25) is 0 Å². The summed E-state index contributed by atoms with van der Waals surface area (Å²) in [6.45, 7) is 0. The number of carbonyl (C=O) groups excluding carboxylic acids is 1. The number of rotatable bonds is 4. The Balaban J connectivity index is 1.51. The third kappa shape index (κ3) is 2.29. The fraction of sp³-hybridized carbons (Fsp3) is 0.562. The van der Waals surface area contributed by atoms with Gasteiger partial charge in [0.15, 0.2) is 0 Å². The van der Waals surface area contributed by atoms with Gasteiger partial charge in [-0.1, -0.05) is 43.2 Å². The Hall–Kier alpha value is -1.11. The normalized spacial score (nSPS) is 30.7. The molecule has 1 aromatic carbocycles. The van der Waals surface area contributed by atoms with Crippen molar-refractivity contribution in [2.24, 2.45) is 17.8 Å². The third-order valence-electron chi connectivity index (χ3n) is 4.53. The summed E-state index contributed by atoms with van der Waals surface area (Å²) in [7, 11) is 0. The zero-order valence-corrected chi connectivity index (χ0v) is 10.3. The number of hydrogen-bond acceptors (Lipinski definition) is 1. The van der Waals surface area contributed by atoms with Gasteiger partial charge in [-0.15, -0.1) is 0 Å². The second kappa shape index (κ2) is 4.64. The van der Waals surface area contributed by atoms with Gasteiger partial charge in [-0.05, 0) is 36.7 Å². The quantitative estimate of drug-likeness (QED) is 0.769. The number of benzene rings is 1. The van der Waals surface area contributed by atoms with E-state index in [-0.39, 0.29) is 0 Å². The lowest BCUT2D eigenvalue weighted by Crippen LogP contribution is -2.05. The van der Waals surface area contributed by atoms with E-state index in [4.69, 9.17) is 0 Å². The largest absolute Gasteiger partial charge is 0.299 e. The van der Waals surface area contributed by atoms with E-state index in [0.29, 0.717) is 11.7 Å². The lowest BCUT2D eigenvalue weighted by atomic mass is 10.0. The van der Waals surface area contributed by atoms with Gasteiger partial charge >= 0.3 is 0 Å². The first-order chi connectivity index (χ1) is 8.36. The molecule has 0 heterocycles. The molecule has 1 heteroatoms. The van der Waals surface area contributed by atoms with Gasteiger partial charge in [0.2, 0.25) is 0 Å². The predicted molar refractivity (Wildman–Crippen MR) is 68.7 cm³/mol. The standard InChI is InChI=1S/C16H20O/c17-15(11-10-12-6-2-1-3-7-12)16-13-8-4-5-9-14(13)16/h1-3,6-7,13-14,16H,4-5,8-11H2. The molecule has 0 spiro atoms. The van der Waals surface area contributed by atoms with Crippen molar-refractivity contribution in [1.82, 2.24) is 0 Å². The van der Waals surface area contributed by atoms with E-state index >= 15 is 0 Å². The van der Waals surface area contributed by atoms with Gasteiger partial charge in [-0.3, -0.25) is 4.79 Å². The summed E-state index contributed by atoms with van der Waals surface area (Å²) >= 11 is 0. The smallest absolute Gasteiger partial charge is 0.136 e. The summed E-state index contributed by atoms with van der Waals surface area (Å²) < 4.78 is 0. The van der Waals surface area contributed by atoms with E-state index in [9.17, 15) is 4.79 Å². The van der Waals surface area contributed by atoms with Crippen molar-refractivity contribution in [2.75, 3.05) is 0 Å². The molecule has 2 aliphatic carbocycles. The fourth-order valence-electron chi connectivity index (χ4n) is 3.55. The molecule has 2 aliphatic rings. The Morgan fingerprint density at radius 1 is 1.06 bits per heavy atom. The van der Waals surface area contributed by atoms with Crippen LogP contribution in [0.5, 0.6) is 0 Å². The summed E-state index contributed by atoms with van der Waals surface area (Å²) in [5.41, 5.74) is 1.30. The van der Waals surface area contributed by atoms with Crippen molar-refractivity contribution in [1.29, 1.82) is 0 Å². The van der Waals surface area contributed by atoms with E-state index in [2.05, 4.69) is 24.3 Å². The van der Waals surface area contributed by atoms with Crippen LogP contribution in [0.4, 0.5) is 0 Å². The highest BCUT2D eigenvalue weighted by molar-refractivity contribution is 5.84. The van der Waals surface area contributed by atoms with Crippen LogP contribution in [0.1, 0.15) is 37.7 Å². The lowest BCUT2D eigenvalue weighted by molar-refractivity contribution is -0.120. The molecule has 0 aliphatic heterocycles. The monoisotopic (exact) mass is 228 g/mol. The molecule has 3 rings (SSSR count). The number of Topliss-reactive ketones (excluding diaryl/α,β-unsaturated/α-hetero) is 1. The summed E-state index contributed by atoms with van der Waals surface area (Å²) in [6, 6.07) is 10.4. The van der Waals surface area contributed by atoms with Crippen LogP contribution in [0, 0.1) is 17.8 Å². The zero-order chi connectivity index (χ0) is 11.7. The summed E-state index contributed by atoms with van der Waals surface area (Å²) in [6.07, 6.45) is 7.00. The fourth-order valence-corrected chi connectivity index (χ4v) is 3.55. The molecule has 0 aromatic heterocycles. The van der Waals surface area contributed by atoms with Gasteiger partial charge in [0, 0.05) is 12.3 Å². The molecule has 90 valence electrons. The Morgan fingerprint density at radius 2 is 1.71 bits per heavy atom. The summed E-state index contributed by atoms with van der Waals surface area (Å²) in [4.78, 5) is 12.1. The molecule has 0 radical (unpaired) electrons. The van der Waals surface area contributed by atoms with E-state index in [1.807, 2.05) is 6.07 Å². The van der Waals surface area contributed by atoms with Gasteiger partial charge in [0.05, 0.1) is 0 Å². The van der Waals surface area contributed by atoms with Crippen molar-refractivity contribution in [3.05, 3.63) is 35.9 Å². The van der Waals surface area contributed by atoms with E-state index in [0.717, 1.165) is 24.7 Å². The van der Waals surface area contributed by atoms with Gasteiger partial charge < -0.3 is 0 Å². The highest BCUT2D eigenvalue weighted by Gasteiger charge is 2.53. The minimum Gasteiger partial charge on any atom is -0.299 e. The molecule has 1 aromatic rings. The van der Waals surface area contributed by atoms with Gasteiger partial charge in [-0.2, -0.15) is 0 Å². The minimum absolute atomic E-state index is 0.446. The molecule has 2 fully saturated rings. The average molecular weight is 228 g/mol. The molecule has 0 amide bonds. The van der Waals surface area contributed by atoms with Crippen LogP contribution in [-0.2, 0) is 11.2 Å².